The fourth-order valence-corrected chi connectivity index (χ4v) is 1.21. The van der Waals surface area contributed by atoms with Gasteiger partial charge in [0.05, 0.1) is 6.42 Å². The van der Waals surface area contributed by atoms with Crippen molar-refractivity contribution in [3.63, 3.8) is 0 Å². The highest BCUT2D eigenvalue weighted by Crippen LogP contribution is 2.14. The zero-order valence-electron chi connectivity index (χ0n) is 10.1. The molecule has 0 radical (unpaired) electrons. The van der Waals surface area contributed by atoms with Gasteiger partial charge in [-0.2, -0.15) is 13.2 Å². The highest BCUT2D eigenvalue weighted by atomic mass is 19.4. The Bertz CT molecular complexity index is 234. The Hall–Kier alpha value is -1.00. The number of halogens is 3. The summed E-state index contributed by atoms with van der Waals surface area (Å²) in [7, 11) is 0. The van der Waals surface area contributed by atoms with Crippen LogP contribution in [0.25, 0.3) is 0 Å². The molecule has 0 bridgehead atoms. The van der Waals surface area contributed by atoms with Crippen molar-refractivity contribution < 1.29 is 22.7 Å². The zero-order valence-corrected chi connectivity index (χ0v) is 10.1. The van der Waals surface area contributed by atoms with E-state index in [1.54, 1.807) is 6.08 Å². The van der Waals surface area contributed by atoms with Crippen LogP contribution in [0.2, 0.25) is 0 Å². The molecule has 2 nitrogen and oxygen atoms in total. The SMILES string of the molecule is CCCCCC/C=C/CC(=O)OCC(F)(F)F. The van der Waals surface area contributed by atoms with E-state index in [2.05, 4.69) is 11.7 Å². The van der Waals surface area contributed by atoms with E-state index in [0.717, 1.165) is 25.7 Å². The Balaban J connectivity index is 3.46. The van der Waals surface area contributed by atoms with Gasteiger partial charge in [-0.05, 0) is 12.8 Å². The van der Waals surface area contributed by atoms with Crippen LogP contribution in [0.15, 0.2) is 12.2 Å². The summed E-state index contributed by atoms with van der Waals surface area (Å²) >= 11 is 0. The molecule has 0 aromatic heterocycles. The lowest BCUT2D eigenvalue weighted by Gasteiger charge is -2.06. The maximum atomic E-state index is 11.7. The van der Waals surface area contributed by atoms with E-state index in [0.29, 0.717) is 0 Å². The summed E-state index contributed by atoms with van der Waals surface area (Å²) in [5, 5.41) is 0. The number of allylic oxidation sites excluding steroid dienone is 1. The Kier molecular flexibility index (Phi) is 8.54. The van der Waals surface area contributed by atoms with Crippen molar-refractivity contribution >= 4 is 5.97 Å². The fraction of sp³-hybridized carbons (Fsp3) is 0.750. The first-order chi connectivity index (χ1) is 7.95. The second-order valence-corrected chi connectivity index (χ2v) is 3.80. The molecule has 0 amide bonds. The molecule has 0 fully saturated rings. The summed E-state index contributed by atoms with van der Waals surface area (Å²) in [4.78, 5) is 10.9. The number of carbonyl (C=O) groups is 1. The molecular formula is C12H19F3O2. The molecule has 0 aliphatic heterocycles. The summed E-state index contributed by atoms with van der Waals surface area (Å²) in [6.07, 6.45) is 4.21. The van der Waals surface area contributed by atoms with Gasteiger partial charge < -0.3 is 4.74 Å². The van der Waals surface area contributed by atoms with Gasteiger partial charge in [0.15, 0.2) is 6.61 Å². The van der Waals surface area contributed by atoms with Crippen LogP contribution in [-0.4, -0.2) is 18.8 Å². The predicted molar refractivity (Wildman–Crippen MR) is 59.5 cm³/mol. The van der Waals surface area contributed by atoms with Crippen molar-refractivity contribution in [3.8, 4) is 0 Å². The Labute approximate surface area is 99.8 Å². The van der Waals surface area contributed by atoms with Crippen molar-refractivity contribution in [2.75, 3.05) is 6.61 Å². The average Bonchev–Trinajstić information content (AvgIpc) is 2.24. The third-order valence-corrected chi connectivity index (χ3v) is 2.07. The van der Waals surface area contributed by atoms with Gasteiger partial charge in [0.25, 0.3) is 0 Å². The number of rotatable bonds is 8. The van der Waals surface area contributed by atoms with Crippen molar-refractivity contribution in [3.05, 3.63) is 12.2 Å². The van der Waals surface area contributed by atoms with Crippen molar-refractivity contribution in [1.29, 1.82) is 0 Å². The van der Waals surface area contributed by atoms with Gasteiger partial charge in [-0.15, -0.1) is 0 Å². The minimum absolute atomic E-state index is 0.0934. The first-order valence-electron chi connectivity index (χ1n) is 5.83. The molecule has 0 aliphatic carbocycles. The maximum absolute atomic E-state index is 11.7. The van der Waals surface area contributed by atoms with Crippen LogP contribution >= 0.6 is 0 Å². The van der Waals surface area contributed by atoms with Crippen LogP contribution in [0.4, 0.5) is 13.2 Å². The van der Waals surface area contributed by atoms with Gasteiger partial charge in [0, 0.05) is 0 Å². The van der Waals surface area contributed by atoms with E-state index in [9.17, 15) is 18.0 Å². The molecule has 0 saturated carbocycles. The van der Waals surface area contributed by atoms with Gasteiger partial charge >= 0.3 is 12.1 Å². The fourth-order valence-electron chi connectivity index (χ4n) is 1.21. The molecular weight excluding hydrogens is 233 g/mol. The van der Waals surface area contributed by atoms with Crippen LogP contribution < -0.4 is 0 Å². The molecule has 0 aromatic rings. The first kappa shape index (κ1) is 16.0. The van der Waals surface area contributed by atoms with Gasteiger partial charge in [-0.1, -0.05) is 38.3 Å². The molecule has 0 heterocycles. The van der Waals surface area contributed by atoms with E-state index in [1.807, 2.05) is 6.08 Å². The van der Waals surface area contributed by atoms with E-state index in [1.165, 1.54) is 6.42 Å². The third kappa shape index (κ3) is 12.9. The first-order valence-corrected chi connectivity index (χ1v) is 5.83. The van der Waals surface area contributed by atoms with E-state index < -0.39 is 18.8 Å². The molecule has 0 N–H and O–H groups in total. The molecule has 100 valence electrons. The Morgan fingerprint density at radius 2 is 1.88 bits per heavy atom. The lowest BCUT2D eigenvalue weighted by atomic mass is 10.1. The Morgan fingerprint density at radius 1 is 1.18 bits per heavy atom. The molecule has 0 spiro atoms. The smallest absolute Gasteiger partial charge is 0.422 e. The monoisotopic (exact) mass is 252 g/mol. The molecule has 0 atom stereocenters. The van der Waals surface area contributed by atoms with Crippen LogP contribution in [0.5, 0.6) is 0 Å². The summed E-state index contributed by atoms with van der Waals surface area (Å²) in [6.45, 7) is 0.614. The summed E-state index contributed by atoms with van der Waals surface area (Å²) < 4.78 is 39.1. The van der Waals surface area contributed by atoms with Crippen LogP contribution in [0.3, 0.4) is 0 Å². The second kappa shape index (κ2) is 9.07. The van der Waals surface area contributed by atoms with Gasteiger partial charge in [0.2, 0.25) is 0 Å². The number of unbranched alkanes of at least 4 members (excludes halogenated alkanes) is 4. The summed E-state index contributed by atoms with van der Waals surface area (Å²) in [5.41, 5.74) is 0. The van der Waals surface area contributed by atoms with E-state index in [-0.39, 0.29) is 6.42 Å². The number of hydrogen-bond donors (Lipinski definition) is 0. The molecule has 17 heavy (non-hydrogen) atoms. The predicted octanol–water partition coefficient (Wildman–Crippen LogP) is 4.01. The van der Waals surface area contributed by atoms with Crippen molar-refractivity contribution in [2.45, 2.75) is 51.6 Å². The Morgan fingerprint density at radius 3 is 2.47 bits per heavy atom. The van der Waals surface area contributed by atoms with Gasteiger partial charge in [-0.3, -0.25) is 4.79 Å². The van der Waals surface area contributed by atoms with Crippen LogP contribution in [-0.2, 0) is 9.53 Å². The second-order valence-electron chi connectivity index (χ2n) is 3.80. The minimum Gasteiger partial charge on any atom is -0.456 e. The number of carbonyl (C=O) groups excluding carboxylic acids is 1. The topological polar surface area (TPSA) is 26.3 Å². The number of esters is 1. The molecule has 0 unspecified atom stereocenters. The van der Waals surface area contributed by atoms with E-state index >= 15 is 0 Å². The van der Waals surface area contributed by atoms with Crippen molar-refractivity contribution in [1.82, 2.24) is 0 Å². The number of ether oxygens (including phenoxy) is 1. The lowest BCUT2D eigenvalue weighted by molar-refractivity contribution is -0.185. The molecule has 0 aliphatic rings. The van der Waals surface area contributed by atoms with Gasteiger partial charge in [-0.25, -0.2) is 0 Å². The van der Waals surface area contributed by atoms with Crippen molar-refractivity contribution in [2.24, 2.45) is 0 Å². The molecule has 0 rings (SSSR count). The number of hydrogen-bond acceptors (Lipinski definition) is 2. The standard InChI is InChI=1S/C12H19F3O2/c1-2-3-4-5-6-7-8-9-11(16)17-10-12(13,14)15/h7-8H,2-6,9-10H2,1H3/b8-7+. The maximum Gasteiger partial charge on any atom is 0.422 e. The van der Waals surface area contributed by atoms with Crippen LogP contribution in [0.1, 0.15) is 45.4 Å². The van der Waals surface area contributed by atoms with E-state index in [4.69, 9.17) is 0 Å². The molecule has 5 heteroatoms. The normalized spacial score (nSPS) is 12.0. The largest absolute Gasteiger partial charge is 0.456 e. The zero-order chi connectivity index (χ0) is 13.1. The summed E-state index contributed by atoms with van der Waals surface area (Å²) in [6, 6.07) is 0. The van der Waals surface area contributed by atoms with Gasteiger partial charge in [0.1, 0.15) is 0 Å². The minimum atomic E-state index is -4.44. The molecule has 0 saturated heterocycles. The van der Waals surface area contributed by atoms with Crippen LogP contribution in [0, 0.1) is 0 Å². The highest BCUT2D eigenvalue weighted by molar-refractivity contribution is 5.71. The molecule has 0 aromatic carbocycles. The third-order valence-electron chi connectivity index (χ3n) is 2.07. The number of alkyl halides is 3. The summed E-state index contributed by atoms with van der Waals surface area (Å²) in [5.74, 6) is -0.841. The average molecular weight is 252 g/mol. The highest BCUT2D eigenvalue weighted by Gasteiger charge is 2.29. The quantitative estimate of drug-likeness (QED) is 0.370. The lowest BCUT2D eigenvalue weighted by Crippen LogP contribution is -2.19.